The van der Waals surface area contributed by atoms with Crippen LogP contribution >= 0.6 is 11.8 Å². The summed E-state index contributed by atoms with van der Waals surface area (Å²) < 4.78 is 16.0. The minimum absolute atomic E-state index is 0.0545. The highest BCUT2D eigenvalue weighted by molar-refractivity contribution is 7.99. The van der Waals surface area contributed by atoms with Crippen LogP contribution in [0.3, 0.4) is 0 Å². The zero-order chi connectivity index (χ0) is 19.3. The lowest BCUT2D eigenvalue weighted by molar-refractivity contribution is -0.125. The molecule has 28 heavy (non-hydrogen) atoms. The summed E-state index contributed by atoms with van der Waals surface area (Å²) >= 11 is 1.14. The van der Waals surface area contributed by atoms with Crippen molar-refractivity contribution in [1.82, 2.24) is 15.8 Å². The number of carbonyl (C=O) groups is 2. The summed E-state index contributed by atoms with van der Waals surface area (Å²) in [6.45, 7) is 0.191. The van der Waals surface area contributed by atoms with Gasteiger partial charge >= 0.3 is 0 Å². The Labute approximate surface area is 163 Å². The van der Waals surface area contributed by atoms with Crippen molar-refractivity contribution in [2.75, 3.05) is 12.5 Å². The van der Waals surface area contributed by atoms with Crippen molar-refractivity contribution >= 4 is 40.8 Å². The minimum atomic E-state index is -0.460. The molecule has 0 aliphatic carbocycles. The second-order valence-corrected chi connectivity index (χ2v) is 6.65. The third kappa shape index (κ3) is 4.26. The summed E-state index contributed by atoms with van der Waals surface area (Å²) in [6.07, 6.45) is 2.92. The first kappa shape index (κ1) is 17.9. The predicted octanol–water partition coefficient (Wildman–Crippen LogP) is 2.51. The molecule has 0 spiro atoms. The number of oxazole rings is 1. The van der Waals surface area contributed by atoms with Crippen LogP contribution in [0, 0.1) is 0 Å². The Kier molecular flexibility index (Phi) is 5.16. The van der Waals surface area contributed by atoms with Gasteiger partial charge in [-0.1, -0.05) is 30.0 Å². The predicted molar refractivity (Wildman–Crippen MR) is 103 cm³/mol. The fourth-order valence-corrected chi connectivity index (χ4v) is 3.08. The van der Waals surface area contributed by atoms with Crippen LogP contribution in [0.2, 0.25) is 0 Å². The standard InChI is InChI=1S/C19H15N3O5S/c23-17(8-6-12-5-7-15-16(9-12)26-11-25-15)21-22-18(24)10-28-19-20-13-3-1-2-4-14(13)27-19/h1-9H,10-11H2,(H,21,23)(H,22,24)/b8-6+. The lowest BCUT2D eigenvalue weighted by atomic mass is 10.2. The fourth-order valence-electron chi connectivity index (χ4n) is 2.44. The molecule has 0 unspecified atom stereocenters. The van der Waals surface area contributed by atoms with Gasteiger partial charge in [-0.15, -0.1) is 0 Å². The van der Waals surface area contributed by atoms with Crippen LogP contribution in [-0.2, 0) is 9.59 Å². The van der Waals surface area contributed by atoms with E-state index in [1.165, 1.54) is 6.08 Å². The highest BCUT2D eigenvalue weighted by atomic mass is 32.2. The number of amides is 2. The third-order valence-electron chi connectivity index (χ3n) is 3.75. The normalized spacial score (nSPS) is 12.4. The van der Waals surface area contributed by atoms with Gasteiger partial charge in [-0.3, -0.25) is 20.4 Å². The number of hydrogen-bond donors (Lipinski definition) is 2. The smallest absolute Gasteiger partial charge is 0.262 e. The van der Waals surface area contributed by atoms with Crippen molar-refractivity contribution in [2.45, 2.75) is 5.22 Å². The SMILES string of the molecule is O=C(/C=C/c1ccc2c(c1)OCO2)NNC(=O)CSc1nc2ccccc2o1. The fraction of sp³-hybridized carbons (Fsp3) is 0.105. The molecule has 2 N–H and O–H groups in total. The number of ether oxygens (including phenoxy) is 2. The summed E-state index contributed by atoms with van der Waals surface area (Å²) in [5, 5.41) is 0.394. The molecule has 1 aliphatic rings. The maximum absolute atomic E-state index is 11.9. The van der Waals surface area contributed by atoms with Gasteiger partial charge in [-0.2, -0.15) is 0 Å². The Morgan fingerprint density at radius 2 is 1.96 bits per heavy atom. The highest BCUT2D eigenvalue weighted by Crippen LogP contribution is 2.32. The van der Waals surface area contributed by atoms with E-state index in [2.05, 4.69) is 15.8 Å². The molecule has 8 nitrogen and oxygen atoms in total. The molecule has 0 radical (unpaired) electrons. The highest BCUT2D eigenvalue weighted by Gasteiger charge is 2.12. The van der Waals surface area contributed by atoms with Gasteiger partial charge in [-0.25, -0.2) is 4.98 Å². The molecule has 4 rings (SSSR count). The van der Waals surface area contributed by atoms with Crippen LogP contribution in [0.15, 0.2) is 58.2 Å². The van der Waals surface area contributed by atoms with E-state index in [4.69, 9.17) is 13.9 Å². The molecule has 0 fully saturated rings. The van der Waals surface area contributed by atoms with Crippen molar-refractivity contribution in [2.24, 2.45) is 0 Å². The molecule has 1 aromatic heterocycles. The number of thioether (sulfide) groups is 1. The number of aromatic nitrogens is 1. The first-order valence-corrected chi connectivity index (χ1v) is 9.31. The summed E-state index contributed by atoms with van der Waals surface area (Å²) in [6, 6.07) is 12.7. The molecular formula is C19H15N3O5S. The van der Waals surface area contributed by atoms with Crippen molar-refractivity contribution in [1.29, 1.82) is 0 Å². The molecular weight excluding hydrogens is 382 g/mol. The van der Waals surface area contributed by atoms with E-state index in [1.54, 1.807) is 30.3 Å². The molecule has 9 heteroatoms. The second-order valence-electron chi connectivity index (χ2n) is 5.72. The van der Waals surface area contributed by atoms with E-state index < -0.39 is 5.91 Å². The Bertz CT molecular complexity index is 1030. The number of hydrazine groups is 1. The summed E-state index contributed by atoms with van der Waals surface area (Å²) in [5.74, 6) is 0.520. The van der Waals surface area contributed by atoms with Gasteiger partial charge in [0.15, 0.2) is 17.1 Å². The zero-order valence-corrected chi connectivity index (χ0v) is 15.3. The topological polar surface area (TPSA) is 103 Å². The molecule has 3 aromatic rings. The summed E-state index contributed by atoms with van der Waals surface area (Å²) in [7, 11) is 0. The molecule has 142 valence electrons. The second kappa shape index (κ2) is 8.05. The maximum atomic E-state index is 11.9. The number of nitrogens with zero attached hydrogens (tertiary/aromatic N) is 1. The lowest BCUT2D eigenvalue weighted by Gasteiger charge is -2.04. The van der Waals surface area contributed by atoms with Crippen LogP contribution in [-0.4, -0.2) is 29.3 Å². The quantitative estimate of drug-likeness (QED) is 0.387. The number of benzene rings is 2. The zero-order valence-electron chi connectivity index (χ0n) is 14.5. The Morgan fingerprint density at radius 1 is 1.11 bits per heavy atom. The Balaban J connectivity index is 1.23. The molecule has 1 aliphatic heterocycles. The molecule has 0 atom stereocenters. The van der Waals surface area contributed by atoms with Gasteiger partial charge < -0.3 is 13.9 Å². The summed E-state index contributed by atoms with van der Waals surface area (Å²) in [4.78, 5) is 28.0. The van der Waals surface area contributed by atoms with Crippen LogP contribution in [0.1, 0.15) is 5.56 Å². The monoisotopic (exact) mass is 397 g/mol. The minimum Gasteiger partial charge on any atom is -0.454 e. The van der Waals surface area contributed by atoms with Gasteiger partial charge in [0.1, 0.15) is 5.52 Å². The lowest BCUT2D eigenvalue weighted by Crippen LogP contribution is -2.41. The summed E-state index contributed by atoms with van der Waals surface area (Å²) in [5.41, 5.74) is 6.83. The van der Waals surface area contributed by atoms with E-state index in [1.807, 2.05) is 18.2 Å². The maximum Gasteiger partial charge on any atom is 0.262 e. The Morgan fingerprint density at radius 3 is 2.86 bits per heavy atom. The van der Waals surface area contributed by atoms with Gasteiger partial charge in [0.05, 0.1) is 5.75 Å². The van der Waals surface area contributed by atoms with E-state index >= 15 is 0 Å². The van der Waals surface area contributed by atoms with E-state index in [9.17, 15) is 9.59 Å². The first-order chi connectivity index (χ1) is 13.7. The number of fused-ring (bicyclic) bond motifs is 2. The molecule has 2 aromatic carbocycles. The Hall–Kier alpha value is -3.46. The van der Waals surface area contributed by atoms with Gasteiger partial charge in [0.2, 0.25) is 12.7 Å². The molecule has 0 bridgehead atoms. The van der Waals surface area contributed by atoms with E-state index in [-0.39, 0.29) is 18.5 Å². The average Bonchev–Trinajstić information content (AvgIpc) is 3.34. The number of rotatable bonds is 5. The first-order valence-electron chi connectivity index (χ1n) is 8.32. The van der Waals surface area contributed by atoms with Crippen LogP contribution in [0.4, 0.5) is 0 Å². The number of hydrogen-bond acceptors (Lipinski definition) is 7. The molecule has 2 amide bonds. The number of nitrogens with one attached hydrogen (secondary N) is 2. The number of carbonyl (C=O) groups excluding carboxylic acids is 2. The van der Waals surface area contributed by atoms with Gasteiger partial charge in [0.25, 0.3) is 11.1 Å². The van der Waals surface area contributed by atoms with Crippen LogP contribution < -0.4 is 20.3 Å². The average molecular weight is 397 g/mol. The largest absolute Gasteiger partial charge is 0.454 e. The van der Waals surface area contributed by atoms with E-state index in [0.717, 1.165) is 22.8 Å². The van der Waals surface area contributed by atoms with Crippen molar-refractivity contribution in [3.8, 4) is 11.5 Å². The van der Waals surface area contributed by atoms with Crippen LogP contribution in [0.5, 0.6) is 11.5 Å². The van der Waals surface area contributed by atoms with Gasteiger partial charge in [-0.05, 0) is 35.9 Å². The third-order valence-corrected chi connectivity index (χ3v) is 4.58. The number of para-hydroxylation sites is 2. The van der Waals surface area contributed by atoms with Crippen molar-refractivity contribution in [3.05, 3.63) is 54.1 Å². The molecule has 2 heterocycles. The molecule has 0 saturated heterocycles. The molecule has 0 saturated carbocycles. The van der Waals surface area contributed by atoms with E-state index in [0.29, 0.717) is 22.3 Å². The van der Waals surface area contributed by atoms with Crippen LogP contribution in [0.25, 0.3) is 17.2 Å². The van der Waals surface area contributed by atoms with Gasteiger partial charge in [0, 0.05) is 6.08 Å². The van der Waals surface area contributed by atoms with Crippen molar-refractivity contribution < 1.29 is 23.5 Å². The van der Waals surface area contributed by atoms with Crippen molar-refractivity contribution in [3.63, 3.8) is 0 Å².